The smallest absolute Gasteiger partial charge is 0.256 e. The SMILES string of the molecule is CCc1cc(NC(=O)c2ccc(Cl)c(S(C)(=O)=O)c2)n[nH]1. The number of aromatic amines is 1. The molecule has 0 aliphatic carbocycles. The number of benzene rings is 1. The molecule has 0 saturated heterocycles. The van der Waals surface area contributed by atoms with Gasteiger partial charge in [-0.1, -0.05) is 18.5 Å². The van der Waals surface area contributed by atoms with E-state index in [-0.39, 0.29) is 15.5 Å². The van der Waals surface area contributed by atoms with Gasteiger partial charge in [0.2, 0.25) is 0 Å². The highest BCUT2D eigenvalue weighted by atomic mass is 35.5. The normalized spacial score (nSPS) is 11.4. The van der Waals surface area contributed by atoms with Gasteiger partial charge in [-0.2, -0.15) is 5.10 Å². The predicted molar refractivity (Wildman–Crippen MR) is 80.5 cm³/mol. The van der Waals surface area contributed by atoms with Crippen LogP contribution in [-0.4, -0.2) is 30.8 Å². The highest BCUT2D eigenvalue weighted by Gasteiger charge is 2.16. The third-order valence-electron chi connectivity index (χ3n) is 2.85. The summed E-state index contributed by atoms with van der Waals surface area (Å²) in [4.78, 5) is 12.0. The minimum atomic E-state index is -3.50. The second kappa shape index (κ2) is 5.87. The lowest BCUT2D eigenvalue weighted by atomic mass is 10.2. The summed E-state index contributed by atoms with van der Waals surface area (Å²) >= 11 is 5.84. The third kappa shape index (κ3) is 3.62. The number of amides is 1. The van der Waals surface area contributed by atoms with E-state index in [9.17, 15) is 13.2 Å². The van der Waals surface area contributed by atoms with E-state index in [1.54, 1.807) is 6.07 Å². The maximum Gasteiger partial charge on any atom is 0.256 e. The highest BCUT2D eigenvalue weighted by Crippen LogP contribution is 2.23. The minimum absolute atomic E-state index is 0.0758. The van der Waals surface area contributed by atoms with Crippen molar-refractivity contribution in [3.8, 4) is 0 Å². The van der Waals surface area contributed by atoms with E-state index in [1.165, 1.54) is 18.2 Å². The fourth-order valence-corrected chi connectivity index (χ4v) is 3.03. The van der Waals surface area contributed by atoms with Crippen LogP contribution in [0, 0.1) is 0 Å². The van der Waals surface area contributed by atoms with Crippen LogP contribution in [0.1, 0.15) is 23.0 Å². The van der Waals surface area contributed by atoms with E-state index in [2.05, 4.69) is 15.5 Å². The van der Waals surface area contributed by atoms with Crippen LogP contribution in [0.2, 0.25) is 5.02 Å². The van der Waals surface area contributed by atoms with Crippen LogP contribution in [-0.2, 0) is 16.3 Å². The van der Waals surface area contributed by atoms with E-state index >= 15 is 0 Å². The quantitative estimate of drug-likeness (QED) is 0.901. The first-order chi connectivity index (χ1) is 9.81. The molecular weight excluding hydrogens is 314 g/mol. The van der Waals surface area contributed by atoms with Gasteiger partial charge in [0.1, 0.15) is 0 Å². The Morgan fingerprint density at radius 2 is 2.10 bits per heavy atom. The summed E-state index contributed by atoms with van der Waals surface area (Å²) < 4.78 is 23.2. The summed E-state index contributed by atoms with van der Waals surface area (Å²) in [6.07, 6.45) is 1.80. The van der Waals surface area contributed by atoms with Crippen LogP contribution < -0.4 is 5.32 Å². The largest absolute Gasteiger partial charge is 0.305 e. The molecule has 1 heterocycles. The van der Waals surface area contributed by atoms with Crippen molar-refractivity contribution in [3.63, 3.8) is 0 Å². The van der Waals surface area contributed by atoms with Gasteiger partial charge < -0.3 is 5.32 Å². The number of halogens is 1. The third-order valence-corrected chi connectivity index (χ3v) is 4.42. The Morgan fingerprint density at radius 3 is 2.67 bits per heavy atom. The Bertz CT molecular complexity index is 784. The van der Waals surface area contributed by atoms with Crippen molar-refractivity contribution in [1.29, 1.82) is 0 Å². The van der Waals surface area contributed by atoms with E-state index in [0.29, 0.717) is 5.82 Å². The molecule has 21 heavy (non-hydrogen) atoms. The van der Waals surface area contributed by atoms with Crippen LogP contribution in [0.15, 0.2) is 29.2 Å². The molecule has 0 radical (unpaired) electrons. The number of anilines is 1. The van der Waals surface area contributed by atoms with Crippen molar-refractivity contribution in [2.75, 3.05) is 11.6 Å². The summed E-state index contributed by atoms with van der Waals surface area (Å²) in [5, 5.41) is 9.39. The van der Waals surface area contributed by atoms with E-state index in [1.807, 2.05) is 6.92 Å². The van der Waals surface area contributed by atoms with Gasteiger partial charge in [-0.15, -0.1) is 0 Å². The van der Waals surface area contributed by atoms with Crippen LogP contribution in [0.25, 0.3) is 0 Å². The van der Waals surface area contributed by atoms with Gasteiger partial charge in [0, 0.05) is 23.6 Å². The number of hydrogen-bond acceptors (Lipinski definition) is 4. The summed E-state index contributed by atoms with van der Waals surface area (Å²) in [6.45, 7) is 1.96. The number of nitrogens with one attached hydrogen (secondary N) is 2. The molecule has 1 aromatic heterocycles. The number of H-pyrrole nitrogens is 1. The molecule has 0 aliphatic rings. The van der Waals surface area contributed by atoms with Gasteiger partial charge in [-0.25, -0.2) is 8.42 Å². The lowest BCUT2D eigenvalue weighted by molar-refractivity contribution is 0.102. The second-order valence-corrected chi connectivity index (χ2v) is 6.89. The van der Waals surface area contributed by atoms with Gasteiger partial charge in [-0.05, 0) is 24.6 Å². The zero-order valence-corrected chi connectivity index (χ0v) is 13.0. The molecule has 2 rings (SSSR count). The van der Waals surface area contributed by atoms with Gasteiger partial charge in [0.15, 0.2) is 15.7 Å². The maximum absolute atomic E-state index is 12.1. The fraction of sp³-hybridized carbons (Fsp3) is 0.231. The predicted octanol–water partition coefficient (Wildman–Crippen LogP) is 2.28. The molecule has 1 aromatic carbocycles. The number of carbonyl (C=O) groups is 1. The highest BCUT2D eigenvalue weighted by molar-refractivity contribution is 7.90. The van der Waals surface area contributed by atoms with Crippen molar-refractivity contribution in [2.24, 2.45) is 0 Å². The van der Waals surface area contributed by atoms with E-state index < -0.39 is 15.7 Å². The Labute approximate surface area is 127 Å². The van der Waals surface area contributed by atoms with Crippen LogP contribution in [0.4, 0.5) is 5.82 Å². The van der Waals surface area contributed by atoms with Gasteiger partial charge in [0.05, 0.1) is 9.92 Å². The molecule has 0 saturated carbocycles. The average molecular weight is 328 g/mol. The van der Waals surface area contributed by atoms with Gasteiger partial charge in [-0.3, -0.25) is 9.89 Å². The van der Waals surface area contributed by atoms with Crippen molar-refractivity contribution >= 4 is 33.2 Å². The van der Waals surface area contributed by atoms with E-state index in [4.69, 9.17) is 11.6 Å². The molecule has 0 unspecified atom stereocenters. The number of carbonyl (C=O) groups excluding carboxylic acids is 1. The second-order valence-electron chi connectivity index (χ2n) is 4.50. The molecule has 0 fully saturated rings. The van der Waals surface area contributed by atoms with E-state index in [0.717, 1.165) is 18.4 Å². The standard InChI is InChI=1S/C13H14ClN3O3S/c1-3-9-7-12(17-16-9)15-13(18)8-4-5-10(14)11(6-8)21(2,19)20/h4-7H,3H2,1-2H3,(H2,15,16,17,18). The van der Waals surface area contributed by atoms with Crippen LogP contribution in [0.5, 0.6) is 0 Å². The summed E-state index contributed by atoms with van der Waals surface area (Å²) in [5.41, 5.74) is 1.08. The van der Waals surface area contributed by atoms with Crippen molar-refractivity contribution in [1.82, 2.24) is 10.2 Å². The van der Waals surface area contributed by atoms with Gasteiger partial charge in [0.25, 0.3) is 5.91 Å². The molecule has 0 bridgehead atoms. The molecule has 8 heteroatoms. The first-order valence-electron chi connectivity index (χ1n) is 6.16. The average Bonchev–Trinajstić information content (AvgIpc) is 2.85. The number of nitrogens with zero attached hydrogens (tertiary/aromatic N) is 1. The van der Waals surface area contributed by atoms with Crippen LogP contribution >= 0.6 is 11.6 Å². The monoisotopic (exact) mass is 327 g/mol. The zero-order valence-electron chi connectivity index (χ0n) is 11.5. The molecule has 2 N–H and O–H groups in total. The minimum Gasteiger partial charge on any atom is -0.305 e. The van der Waals surface area contributed by atoms with Crippen molar-refractivity contribution in [2.45, 2.75) is 18.2 Å². The van der Waals surface area contributed by atoms with Crippen LogP contribution in [0.3, 0.4) is 0 Å². The zero-order chi connectivity index (χ0) is 15.6. The molecule has 0 spiro atoms. The first kappa shape index (κ1) is 15.5. The lowest BCUT2D eigenvalue weighted by Crippen LogP contribution is -2.13. The molecule has 2 aromatic rings. The van der Waals surface area contributed by atoms with Crippen molar-refractivity contribution in [3.05, 3.63) is 40.5 Å². The lowest BCUT2D eigenvalue weighted by Gasteiger charge is -2.06. The summed E-state index contributed by atoms with van der Waals surface area (Å²) in [7, 11) is -3.50. The van der Waals surface area contributed by atoms with Crippen molar-refractivity contribution < 1.29 is 13.2 Å². The fourth-order valence-electron chi connectivity index (χ4n) is 1.72. The number of aromatic nitrogens is 2. The number of sulfone groups is 1. The number of rotatable bonds is 4. The molecule has 0 atom stereocenters. The summed E-state index contributed by atoms with van der Waals surface area (Å²) in [5.74, 6) is -0.0709. The number of aryl methyl sites for hydroxylation is 1. The first-order valence-corrected chi connectivity index (χ1v) is 8.43. The topological polar surface area (TPSA) is 91.9 Å². The maximum atomic E-state index is 12.1. The van der Waals surface area contributed by atoms with Gasteiger partial charge >= 0.3 is 0 Å². The Morgan fingerprint density at radius 1 is 1.38 bits per heavy atom. The molecule has 1 amide bonds. The Balaban J connectivity index is 2.27. The number of hydrogen-bond donors (Lipinski definition) is 2. The molecular formula is C13H14ClN3O3S. The molecule has 112 valence electrons. The Hall–Kier alpha value is -1.86. The summed E-state index contributed by atoms with van der Waals surface area (Å²) in [6, 6.07) is 5.81. The molecule has 6 nitrogen and oxygen atoms in total. The molecule has 0 aliphatic heterocycles. The Kier molecular flexibility index (Phi) is 4.34.